The molecule has 1 amide bonds. The Bertz CT molecular complexity index is 178. The molecule has 3 heteroatoms. The Kier molecular flexibility index (Phi) is 3.72. The average molecular weight is 184 g/mol. The van der Waals surface area contributed by atoms with Crippen LogP contribution in [0.4, 0.5) is 0 Å². The zero-order valence-corrected chi connectivity index (χ0v) is 8.76. The maximum Gasteiger partial charge on any atom is 0.236 e. The van der Waals surface area contributed by atoms with Crippen LogP contribution < -0.4 is 10.6 Å². The van der Waals surface area contributed by atoms with Gasteiger partial charge in [0.25, 0.3) is 0 Å². The summed E-state index contributed by atoms with van der Waals surface area (Å²) in [6, 6.07) is 0.404. The Hall–Kier alpha value is -0.570. The summed E-state index contributed by atoms with van der Waals surface area (Å²) in [6.45, 7) is 4.08. The van der Waals surface area contributed by atoms with Crippen molar-refractivity contribution in [2.24, 2.45) is 5.92 Å². The van der Waals surface area contributed by atoms with Gasteiger partial charge in [-0.05, 0) is 32.6 Å². The van der Waals surface area contributed by atoms with Crippen molar-refractivity contribution in [2.75, 3.05) is 7.05 Å². The van der Waals surface area contributed by atoms with E-state index in [0.717, 1.165) is 5.92 Å². The van der Waals surface area contributed by atoms with Crippen molar-refractivity contribution in [3.05, 3.63) is 0 Å². The Morgan fingerprint density at radius 2 is 2.00 bits per heavy atom. The Labute approximate surface area is 80.3 Å². The molecule has 1 saturated carbocycles. The molecular formula is C10H20N2O. The number of rotatable bonds is 4. The van der Waals surface area contributed by atoms with Crippen molar-refractivity contribution in [1.29, 1.82) is 0 Å². The van der Waals surface area contributed by atoms with Gasteiger partial charge in [0.05, 0.1) is 6.04 Å². The molecule has 2 N–H and O–H groups in total. The largest absolute Gasteiger partial charge is 0.358 e. The zero-order valence-electron chi connectivity index (χ0n) is 8.76. The summed E-state index contributed by atoms with van der Waals surface area (Å²) in [4.78, 5) is 11.2. The first kappa shape index (κ1) is 10.5. The highest BCUT2D eigenvalue weighted by Crippen LogP contribution is 2.29. The van der Waals surface area contributed by atoms with Crippen LogP contribution in [-0.4, -0.2) is 25.0 Å². The minimum Gasteiger partial charge on any atom is -0.358 e. The minimum atomic E-state index is -0.0689. The zero-order chi connectivity index (χ0) is 9.84. The van der Waals surface area contributed by atoms with E-state index < -0.39 is 0 Å². The number of nitrogens with one attached hydrogen (secondary N) is 2. The van der Waals surface area contributed by atoms with Gasteiger partial charge in [0.2, 0.25) is 5.91 Å². The van der Waals surface area contributed by atoms with E-state index in [1.807, 2.05) is 6.92 Å². The fourth-order valence-corrected chi connectivity index (χ4v) is 1.76. The van der Waals surface area contributed by atoms with Crippen molar-refractivity contribution < 1.29 is 4.79 Å². The van der Waals surface area contributed by atoms with E-state index in [9.17, 15) is 4.79 Å². The Balaban J connectivity index is 2.25. The SMILES string of the molecule is CNC(=O)C(C)NC(C)C1CCC1. The van der Waals surface area contributed by atoms with Crippen LogP contribution in [0.5, 0.6) is 0 Å². The lowest BCUT2D eigenvalue weighted by molar-refractivity contribution is -0.122. The smallest absolute Gasteiger partial charge is 0.236 e. The van der Waals surface area contributed by atoms with Gasteiger partial charge in [0, 0.05) is 13.1 Å². The topological polar surface area (TPSA) is 41.1 Å². The van der Waals surface area contributed by atoms with Crippen LogP contribution in [0.2, 0.25) is 0 Å². The maximum absolute atomic E-state index is 11.2. The van der Waals surface area contributed by atoms with E-state index in [4.69, 9.17) is 0 Å². The third kappa shape index (κ3) is 2.69. The van der Waals surface area contributed by atoms with Crippen LogP contribution in [0, 0.1) is 5.92 Å². The van der Waals surface area contributed by atoms with Crippen molar-refractivity contribution >= 4 is 5.91 Å². The molecule has 0 bridgehead atoms. The molecule has 0 aromatic carbocycles. The number of carbonyl (C=O) groups excluding carboxylic acids is 1. The summed E-state index contributed by atoms with van der Waals surface area (Å²) in [6.07, 6.45) is 3.98. The molecule has 1 fully saturated rings. The van der Waals surface area contributed by atoms with Crippen molar-refractivity contribution in [1.82, 2.24) is 10.6 Å². The first-order valence-corrected chi connectivity index (χ1v) is 5.12. The summed E-state index contributed by atoms with van der Waals surface area (Å²) < 4.78 is 0. The fourth-order valence-electron chi connectivity index (χ4n) is 1.76. The second-order valence-corrected chi connectivity index (χ2v) is 3.98. The van der Waals surface area contributed by atoms with Gasteiger partial charge in [0.15, 0.2) is 0 Å². The molecular weight excluding hydrogens is 164 g/mol. The van der Waals surface area contributed by atoms with Crippen LogP contribution in [0.1, 0.15) is 33.1 Å². The number of hydrogen-bond acceptors (Lipinski definition) is 2. The summed E-state index contributed by atoms with van der Waals surface area (Å²) in [5, 5.41) is 5.96. The number of likely N-dealkylation sites (N-methyl/N-ethyl adjacent to an activating group) is 1. The van der Waals surface area contributed by atoms with Crippen LogP contribution >= 0.6 is 0 Å². The van der Waals surface area contributed by atoms with Gasteiger partial charge in [-0.15, -0.1) is 0 Å². The number of hydrogen-bond donors (Lipinski definition) is 2. The quantitative estimate of drug-likeness (QED) is 0.681. The second-order valence-electron chi connectivity index (χ2n) is 3.98. The summed E-state index contributed by atoms with van der Waals surface area (Å²) in [5.41, 5.74) is 0. The summed E-state index contributed by atoms with van der Waals surface area (Å²) in [7, 11) is 1.68. The van der Waals surface area contributed by atoms with Crippen LogP contribution in [-0.2, 0) is 4.79 Å². The molecule has 3 nitrogen and oxygen atoms in total. The van der Waals surface area contributed by atoms with E-state index in [0.29, 0.717) is 6.04 Å². The molecule has 2 atom stereocenters. The third-order valence-electron chi connectivity index (χ3n) is 3.01. The van der Waals surface area contributed by atoms with E-state index in [-0.39, 0.29) is 11.9 Å². The van der Waals surface area contributed by atoms with Crippen LogP contribution in [0.25, 0.3) is 0 Å². The van der Waals surface area contributed by atoms with Gasteiger partial charge < -0.3 is 10.6 Å². The Morgan fingerprint density at radius 1 is 1.38 bits per heavy atom. The van der Waals surface area contributed by atoms with E-state index in [2.05, 4.69) is 17.6 Å². The highest BCUT2D eigenvalue weighted by Gasteiger charge is 2.25. The number of carbonyl (C=O) groups is 1. The molecule has 0 heterocycles. The van der Waals surface area contributed by atoms with Gasteiger partial charge in [-0.1, -0.05) is 6.42 Å². The van der Waals surface area contributed by atoms with Gasteiger partial charge in [-0.3, -0.25) is 4.79 Å². The molecule has 0 aromatic rings. The minimum absolute atomic E-state index is 0.0689. The lowest BCUT2D eigenvalue weighted by Gasteiger charge is -2.33. The van der Waals surface area contributed by atoms with Crippen LogP contribution in [0.15, 0.2) is 0 Å². The molecule has 0 spiro atoms. The predicted octanol–water partition coefficient (Wildman–Crippen LogP) is 0.899. The molecule has 2 unspecified atom stereocenters. The molecule has 1 rings (SSSR count). The van der Waals surface area contributed by atoms with Gasteiger partial charge >= 0.3 is 0 Å². The normalized spacial score (nSPS) is 21.8. The van der Waals surface area contributed by atoms with Crippen LogP contribution in [0.3, 0.4) is 0 Å². The highest BCUT2D eigenvalue weighted by atomic mass is 16.2. The highest BCUT2D eigenvalue weighted by molar-refractivity contribution is 5.80. The first-order chi connectivity index (χ1) is 6.15. The van der Waals surface area contributed by atoms with Crippen molar-refractivity contribution in [3.8, 4) is 0 Å². The molecule has 1 aliphatic carbocycles. The molecule has 1 aliphatic rings. The lowest BCUT2D eigenvalue weighted by atomic mass is 9.80. The Morgan fingerprint density at radius 3 is 2.38 bits per heavy atom. The van der Waals surface area contributed by atoms with Gasteiger partial charge in [0.1, 0.15) is 0 Å². The molecule has 13 heavy (non-hydrogen) atoms. The molecule has 0 aliphatic heterocycles. The van der Waals surface area contributed by atoms with E-state index in [1.54, 1.807) is 7.05 Å². The first-order valence-electron chi connectivity index (χ1n) is 5.12. The third-order valence-corrected chi connectivity index (χ3v) is 3.01. The molecule has 0 radical (unpaired) electrons. The summed E-state index contributed by atoms with van der Waals surface area (Å²) in [5.74, 6) is 0.860. The number of amides is 1. The van der Waals surface area contributed by atoms with Gasteiger partial charge in [-0.25, -0.2) is 0 Å². The lowest BCUT2D eigenvalue weighted by Crippen LogP contribution is -2.48. The monoisotopic (exact) mass is 184 g/mol. The second kappa shape index (κ2) is 4.61. The fraction of sp³-hybridized carbons (Fsp3) is 0.900. The summed E-state index contributed by atoms with van der Waals surface area (Å²) >= 11 is 0. The molecule has 0 saturated heterocycles. The maximum atomic E-state index is 11.2. The predicted molar refractivity (Wildman–Crippen MR) is 53.5 cm³/mol. The van der Waals surface area contributed by atoms with E-state index in [1.165, 1.54) is 19.3 Å². The molecule has 0 aromatic heterocycles. The van der Waals surface area contributed by atoms with E-state index >= 15 is 0 Å². The average Bonchev–Trinajstić information content (AvgIpc) is 1.99. The standard InChI is InChI=1S/C10H20N2O/c1-7(9-5-4-6-9)12-8(2)10(13)11-3/h7-9,12H,4-6H2,1-3H3,(H,11,13). The molecule has 76 valence electrons. The van der Waals surface area contributed by atoms with Crippen molar-refractivity contribution in [2.45, 2.75) is 45.2 Å². The van der Waals surface area contributed by atoms with Gasteiger partial charge in [-0.2, -0.15) is 0 Å². The van der Waals surface area contributed by atoms with Crippen molar-refractivity contribution in [3.63, 3.8) is 0 Å².